The molecular weight excluding hydrogens is 200 g/mol. The van der Waals surface area contributed by atoms with Crippen LogP contribution in [0, 0.1) is 0 Å². The number of hydrogen-bond acceptors (Lipinski definition) is 4. The van der Waals surface area contributed by atoms with Crippen molar-refractivity contribution in [3.63, 3.8) is 0 Å². The maximum Gasteiger partial charge on any atom is 0.0553 e. The van der Waals surface area contributed by atoms with Gasteiger partial charge in [0.2, 0.25) is 0 Å². The van der Waals surface area contributed by atoms with E-state index in [0.717, 1.165) is 18.4 Å². The summed E-state index contributed by atoms with van der Waals surface area (Å²) in [5.41, 5.74) is 26.8. The molecule has 0 fully saturated rings. The molecule has 0 bridgehead atoms. The average Bonchev–Trinajstić information content (AvgIpc) is 2.26. The standard InChI is InChI=1S/C12H18N4/c13-9-3-1-7(5-11(9)15)8-2-4-10(14)12(16)6-8/h1-3,5,10,12H,4,6,13-16H2. The Hall–Kier alpha value is -1.52. The first-order valence-corrected chi connectivity index (χ1v) is 5.43. The number of rotatable bonds is 1. The van der Waals surface area contributed by atoms with Gasteiger partial charge in [0.25, 0.3) is 0 Å². The van der Waals surface area contributed by atoms with Crippen LogP contribution in [0.2, 0.25) is 0 Å². The second-order valence-electron chi connectivity index (χ2n) is 4.34. The van der Waals surface area contributed by atoms with Crippen molar-refractivity contribution in [2.24, 2.45) is 11.5 Å². The Kier molecular flexibility index (Phi) is 2.85. The highest BCUT2D eigenvalue weighted by molar-refractivity contribution is 5.74. The van der Waals surface area contributed by atoms with Gasteiger partial charge in [-0.05, 0) is 36.1 Å². The molecule has 0 amide bonds. The largest absolute Gasteiger partial charge is 0.397 e. The summed E-state index contributed by atoms with van der Waals surface area (Å²) in [5.74, 6) is 0. The maximum absolute atomic E-state index is 5.95. The average molecular weight is 218 g/mol. The Balaban J connectivity index is 2.28. The van der Waals surface area contributed by atoms with Crippen molar-refractivity contribution >= 4 is 16.9 Å². The third-order valence-electron chi connectivity index (χ3n) is 3.10. The molecule has 2 unspecified atom stereocenters. The Bertz CT molecular complexity index is 425. The van der Waals surface area contributed by atoms with E-state index in [1.165, 1.54) is 5.57 Å². The van der Waals surface area contributed by atoms with Crippen molar-refractivity contribution in [3.8, 4) is 0 Å². The van der Waals surface area contributed by atoms with E-state index < -0.39 is 0 Å². The van der Waals surface area contributed by atoms with Gasteiger partial charge in [-0.2, -0.15) is 0 Å². The molecular formula is C12H18N4. The van der Waals surface area contributed by atoms with Crippen molar-refractivity contribution < 1.29 is 0 Å². The number of anilines is 2. The maximum atomic E-state index is 5.95. The van der Waals surface area contributed by atoms with Crippen molar-refractivity contribution in [2.75, 3.05) is 11.5 Å². The molecule has 1 aromatic carbocycles. The van der Waals surface area contributed by atoms with Crippen LogP contribution in [0.1, 0.15) is 18.4 Å². The van der Waals surface area contributed by atoms with E-state index in [9.17, 15) is 0 Å². The summed E-state index contributed by atoms with van der Waals surface area (Å²) in [6.07, 6.45) is 3.75. The zero-order valence-corrected chi connectivity index (χ0v) is 9.19. The van der Waals surface area contributed by atoms with Crippen LogP contribution in [0.4, 0.5) is 11.4 Å². The molecule has 86 valence electrons. The highest BCUT2D eigenvalue weighted by Gasteiger charge is 2.20. The van der Waals surface area contributed by atoms with Gasteiger partial charge in [0.1, 0.15) is 0 Å². The summed E-state index contributed by atoms with van der Waals surface area (Å²) in [6.45, 7) is 0. The van der Waals surface area contributed by atoms with Gasteiger partial charge in [-0.25, -0.2) is 0 Å². The summed E-state index contributed by atoms with van der Waals surface area (Å²) in [6, 6.07) is 5.78. The van der Waals surface area contributed by atoms with Crippen molar-refractivity contribution in [2.45, 2.75) is 24.9 Å². The predicted molar refractivity (Wildman–Crippen MR) is 68.4 cm³/mol. The molecule has 8 N–H and O–H groups in total. The first-order valence-electron chi connectivity index (χ1n) is 5.43. The van der Waals surface area contributed by atoms with E-state index in [-0.39, 0.29) is 12.1 Å². The Morgan fingerprint density at radius 1 is 1.00 bits per heavy atom. The summed E-state index contributed by atoms with van der Waals surface area (Å²) in [5, 5.41) is 0. The molecule has 0 aliphatic heterocycles. The Morgan fingerprint density at radius 2 is 1.75 bits per heavy atom. The first kappa shape index (κ1) is 11.0. The molecule has 16 heavy (non-hydrogen) atoms. The lowest BCUT2D eigenvalue weighted by molar-refractivity contribution is 0.523. The van der Waals surface area contributed by atoms with E-state index in [1.54, 1.807) is 0 Å². The van der Waals surface area contributed by atoms with Crippen LogP contribution < -0.4 is 22.9 Å². The van der Waals surface area contributed by atoms with Gasteiger partial charge >= 0.3 is 0 Å². The van der Waals surface area contributed by atoms with Crippen LogP contribution >= 0.6 is 0 Å². The van der Waals surface area contributed by atoms with E-state index in [2.05, 4.69) is 6.08 Å². The van der Waals surface area contributed by atoms with Crippen molar-refractivity contribution in [3.05, 3.63) is 29.8 Å². The number of nitrogens with two attached hydrogens (primary N) is 4. The van der Waals surface area contributed by atoms with Crippen LogP contribution in [-0.2, 0) is 0 Å². The van der Waals surface area contributed by atoms with Crippen molar-refractivity contribution in [1.82, 2.24) is 0 Å². The van der Waals surface area contributed by atoms with Crippen molar-refractivity contribution in [1.29, 1.82) is 0 Å². The monoisotopic (exact) mass is 218 g/mol. The molecule has 0 saturated carbocycles. The summed E-state index contributed by atoms with van der Waals surface area (Å²) >= 11 is 0. The molecule has 2 atom stereocenters. The fourth-order valence-electron chi connectivity index (χ4n) is 1.95. The highest BCUT2D eigenvalue weighted by Crippen LogP contribution is 2.28. The van der Waals surface area contributed by atoms with E-state index in [4.69, 9.17) is 22.9 Å². The molecule has 0 heterocycles. The zero-order chi connectivity index (χ0) is 11.7. The number of nitrogen functional groups attached to an aromatic ring is 2. The lowest BCUT2D eigenvalue weighted by Gasteiger charge is -2.25. The molecule has 1 aliphatic carbocycles. The smallest absolute Gasteiger partial charge is 0.0553 e. The molecule has 4 nitrogen and oxygen atoms in total. The minimum atomic E-state index is 0.0266. The van der Waals surface area contributed by atoms with Gasteiger partial charge in [0.15, 0.2) is 0 Å². The molecule has 0 saturated heterocycles. The van der Waals surface area contributed by atoms with Gasteiger partial charge in [0, 0.05) is 12.1 Å². The summed E-state index contributed by atoms with van der Waals surface area (Å²) < 4.78 is 0. The summed E-state index contributed by atoms with van der Waals surface area (Å²) in [4.78, 5) is 0. The highest BCUT2D eigenvalue weighted by atomic mass is 14.8. The molecule has 2 rings (SSSR count). The predicted octanol–water partition coefficient (Wildman–Crippen LogP) is 0.683. The topological polar surface area (TPSA) is 104 Å². The second kappa shape index (κ2) is 4.15. The van der Waals surface area contributed by atoms with Crippen LogP contribution in [0.3, 0.4) is 0 Å². The lowest BCUT2D eigenvalue weighted by Crippen LogP contribution is -2.42. The van der Waals surface area contributed by atoms with Gasteiger partial charge in [0.05, 0.1) is 11.4 Å². The van der Waals surface area contributed by atoms with E-state index >= 15 is 0 Å². The lowest BCUT2D eigenvalue weighted by atomic mass is 9.87. The van der Waals surface area contributed by atoms with Crippen LogP contribution in [-0.4, -0.2) is 12.1 Å². The second-order valence-corrected chi connectivity index (χ2v) is 4.34. The third-order valence-corrected chi connectivity index (χ3v) is 3.10. The molecule has 1 aliphatic rings. The van der Waals surface area contributed by atoms with Crippen LogP contribution in [0.25, 0.3) is 5.57 Å². The fourth-order valence-corrected chi connectivity index (χ4v) is 1.95. The van der Waals surface area contributed by atoms with Crippen LogP contribution in [0.5, 0.6) is 0 Å². The first-order chi connectivity index (χ1) is 7.58. The van der Waals surface area contributed by atoms with Crippen LogP contribution in [0.15, 0.2) is 24.3 Å². The number of hydrogen-bond donors (Lipinski definition) is 4. The molecule has 1 aromatic rings. The van der Waals surface area contributed by atoms with E-state index in [0.29, 0.717) is 11.4 Å². The third kappa shape index (κ3) is 2.03. The van der Waals surface area contributed by atoms with Gasteiger partial charge in [-0.15, -0.1) is 0 Å². The molecule has 0 aromatic heterocycles. The quantitative estimate of drug-likeness (QED) is 0.520. The minimum Gasteiger partial charge on any atom is -0.397 e. The zero-order valence-electron chi connectivity index (χ0n) is 9.19. The fraction of sp³-hybridized carbons (Fsp3) is 0.333. The van der Waals surface area contributed by atoms with E-state index in [1.807, 2.05) is 18.2 Å². The minimum absolute atomic E-state index is 0.0266. The Labute approximate surface area is 95.3 Å². The molecule has 0 radical (unpaired) electrons. The van der Waals surface area contributed by atoms with Gasteiger partial charge in [-0.3, -0.25) is 0 Å². The van der Waals surface area contributed by atoms with Gasteiger partial charge in [-0.1, -0.05) is 12.1 Å². The molecule has 0 spiro atoms. The number of benzene rings is 1. The normalized spacial score (nSPS) is 25.2. The Morgan fingerprint density at radius 3 is 2.38 bits per heavy atom. The summed E-state index contributed by atoms with van der Waals surface area (Å²) in [7, 11) is 0. The SMILES string of the molecule is Nc1ccc(C2=CCC(N)C(N)C2)cc1N. The molecule has 4 heteroatoms. The van der Waals surface area contributed by atoms with Gasteiger partial charge < -0.3 is 22.9 Å².